The molecule has 0 rings (SSSR count). The van der Waals surface area contributed by atoms with Gasteiger partial charge in [0.05, 0.1) is 19.6 Å². The molecule has 0 aromatic rings. The van der Waals surface area contributed by atoms with Crippen molar-refractivity contribution in [2.24, 2.45) is 5.92 Å². The fourth-order valence-electron chi connectivity index (χ4n) is 0.654. The molecule has 0 aromatic carbocycles. The van der Waals surface area contributed by atoms with Crippen LogP contribution in [0.4, 0.5) is 0 Å². The van der Waals surface area contributed by atoms with Gasteiger partial charge in [-0.25, -0.2) is 0 Å². The summed E-state index contributed by atoms with van der Waals surface area (Å²) in [6.07, 6.45) is 0. The number of ether oxygens (including phenoxy) is 3. The Morgan fingerprint density at radius 1 is 1.38 bits per heavy atom. The van der Waals surface area contributed by atoms with Gasteiger partial charge in [0, 0.05) is 7.11 Å². The van der Waals surface area contributed by atoms with Crippen LogP contribution in [0.25, 0.3) is 0 Å². The third kappa shape index (κ3) is 4.85. The summed E-state index contributed by atoms with van der Waals surface area (Å²) in [6.45, 7) is 5.62. The standard InChI is InChI=1S/C9H18O4/c1-7(8(10)11-4)6-13-9(2,3)12-5/h7H,6H2,1-5H3. The van der Waals surface area contributed by atoms with Gasteiger partial charge in [-0.05, 0) is 20.8 Å². The fraction of sp³-hybridized carbons (Fsp3) is 0.889. The molecule has 0 radical (unpaired) electrons. The molecular weight excluding hydrogens is 172 g/mol. The predicted octanol–water partition coefficient (Wildman–Crippen LogP) is 1.19. The summed E-state index contributed by atoms with van der Waals surface area (Å²) in [5, 5.41) is 0. The Morgan fingerprint density at radius 2 is 1.92 bits per heavy atom. The Hall–Kier alpha value is -0.610. The molecule has 1 atom stereocenters. The number of carbonyl (C=O) groups is 1. The van der Waals surface area contributed by atoms with Crippen LogP contribution in [0.15, 0.2) is 0 Å². The van der Waals surface area contributed by atoms with Crippen molar-refractivity contribution in [1.82, 2.24) is 0 Å². The second-order valence-corrected chi connectivity index (χ2v) is 3.34. The van der Waals surface area contributed by atoms with E-state index >= 15 is 0 Å². The minimum Gasteiger partial charge on any atom is -0.469 e. The first kappa shape index (κ1) is 12.4. The highest BCUT2D eigenvalue weighted by atomic mass is 16.7. The van der Waals surface area contributed by atoms with Crippen molar-refractivity contribution in [1.29, 1.82) is 0 Å². The average molecular weight is 190 g/mol. The average Bonchev–Trinajstić information content (AvgIpc) is 2.13. The molecule has 4 heteroatoms. The highest BCUT2D eigenvalue weighted by Crippen LogP contribution is 2.11. The van der Waals surface area contributed by atoms with Crippen molar-refractivity contribution in [3.63, 3.8) is 0 Å². The SMILES string of the molecule is COC(=O)C(C)COC(C)(C)OC. The van der Waals surface area contributed by atoms with Gasteiger partial charge in [0.15, 0.2) is 5.79 Å². The molecule has 0 bridgehead atoms. The zero-order chi connectivity index (χ0) is 10.5. The Balaban J connectivity index is 3.82. The van der Waals surface area contributed by atoms with Crippen LogP contribution in [0, 0.1) is 5.92 Å². The Kier molecular flexibility index (Phi) is 4.95. The number of carbonyl (C=O) groups excluding carboxylic acids is 1. The van der Waals surface area contributed by atoms with E-state index in [9.17, 15) is 4.79 Å². The van der Waals surface area contributed by atoms with Gasteiger partial charge in [-0.3, -0.25) is 4.79 Å². The first-order valence-corrected chi connectivity index (χ1v) is 4.20. The van der Waals surface area contributed by atoms with Gasteiger partial charge in [-0.15, -0.1) is 0 Å². The highest BCUT2D eigenvalue weighted by Gasteiger charge is 2.21. The number of esters is 1. The van der Waals surface area contributed by atoms with E-state index in [0.29, 0.717) is 6.61 Å². The molecule has 0 aliphatic heterocycles. The van der Waals surface area contributed by atoms with Gasteiger partial charge in [-0.2, -0.15) is 0 Å². The van der Waals surface area contributed by atoms with Gasteiger partial charge in [0.25, 0.3) is 0 Å². The van der Waals surface area contributed by atoms with Crippen molar-refractivity contribution in [3.05, 3.63) is 0 Å². The van der Waals surface area contributed by atoms with Gasteiger partial charge in [0.1, 0.15) is 0 Å². The molecule has 0 amide bonds. The van der Waals surface area contributed by atoms with Crippen LogP contribution in [-0.2, 0) is 19.0 Å². The maximum Gasteiger partial charge on any atom is 0.310 e. The van der Waals surface area contributed by atoms with Gasteiger partial charge in [-0.1, -0.05) is 0 Å². The zero-order valence-corrected chi connectivity index (χ0v) is 8.92. The van der Waals surface area contributed by atoms with Crippen LogP contribution in [-0.4, -0.2) is 32.6 Å². The lowest BCUT2D eigenvalue weighted by Crippen LogP contribution is -2.31. The van der Waals surface area contributed by atoms with Crippen LogP contribution in [0.2, 0.25) is 0 Å². The molecule has 0 aliphatic rings. The monoisotopic (exact) mass is 190 g/mol. The molecule has 0 fully saturated rings. The summed E-state index contributed by atoms with van der Waals surface area (Å²) in [5.41, 5.74) is 0. The third-order valence-electron chi connectivity index (χ3n) is 1.78. The second-order valence-electron chi connectivity index (χ2n) is 3.34. The summed E-state index contributed by atoms with van der Waals surface area (Å²) >= 11 is 0. The molecule has 0 aliphatic carbocycles. The first-order valence-electron chi connectivity index (χ1n) is 4.20. The molecule has 78 valence electrons. The molecule has 0 heterocycles. The second kappa shape index (κ2) is 5.19. The van der Waals surface area contributed by atoms with E-state index in [0.717, 1.165) is 0 Å². The molecule has 0 aromatic heterocycles. The van der Waals surface area contributed by atoms with Crippen LogP contribution >= 0.6 is 0 Å². The number of hydrogen-bond acceptors (Lipinski definition) is 4. The molecular formula is C9H18O4. The molecule has 0 spiro atoms. The molecule has 0 saturated carbocycles. The van der Waals surface area contributed by atoms with E-state index in [1.54, 1.807) is 27.9 Å². The number of rotatable bonds is 5. The van der Waals surface area contributed by atoms with E-state index in [4.69, 9.17) is 9.47 Å². The van der Waals surface area contributed by atoms with Crippen molar-refractivity contribution >= 4 is 5.97 Å². The van der Waals surface area contributed by atoms with Gasteiger partial charge < -0.3 is 14.2 Å². The lowest BCUT2D eigenvalue weighted by Gasteiger charge is -2.24. The van der Waals surface area contributed by atoms with Gasteiger partial charge in [0.2, 0.25) is 0 Å². The topological polar surface area (TPSA) is 44.8 Å². The molecule has 1 unspecified atom stereocenters. The Bertz CT molecular complexity index is 165. The van der Waals surface area contributed by atoms with Crippen molar-refractivity contribution < 1.29 is 19.0 Å². The minimum absolute atomic E-state index is 0.264. The molecule has 13 heavy (non-hydrogen) atoms. The highest BCUT2D eigenvalue weighted by molar-refractivity contribution is 5.71. The van der Waals surface area contributed by atoms with E-state index < -0.39 is 5.79 Å². The van der Waals surface area contributed by atoms with Crippen molar-refractivity contribution in [3.8, 4) is 0 Å². The van der Waals surface area contributed by atoms with E-state index in [-0.39, 0.29) is 11.9 Å². The largest absolute Gasteiger partial charge is 0.469 e. The van der Waals surface area contributed by atoms with Crippen molar-refractivity contribution in [2.45, 2.75) is 26.6 Å². The fourth-order valence-corrected chi connectivity index (χ4v) is 0.654. The Morgan fingerprint density at radius 3 is 2.31 bits per heavy atom. The summed E-state index contributed by atoms with van der Waals surface area (Å²) in [5.74, 6) is -1.19. The minimum atomic E-state index is -0.651. The van der Waals surface area contributed by atoms with Crippen LogP contribution in [0.5, 0.6) is 0 Å². The summed E-state index contributed by atoms with van der Waals surface area (Å²) in [6, 6.07) is 0. The smallest absolute Gasteiger partial charge is 0.310 e. The van der Waals surface area contributed by atoms with Crippen LogP contribution in [0.3, 0.4) is 0 Å². The van der Waals surface area contributed by atoms with E-state index in [2.05, 4.69) is 4.74 Å². The third-order valence-corrected chi connectivity index (χ3v) is 1.78. The molecule has 0 N–H and O–H groups in total. The van der Waals surface area contributed by atoms with E-state index in [1.807, 2.05) is 0 Å². The summed E-state index contributed by atoms with van der Waals surface area (Å²) in [7, 11) is 2.92. The van der Waals surface area contributed by atoms with Crippen molar-refractivity contribution in [2.75, 3.05) is 20.8 Å². The van der Waals surface area contributed by atoms with Gasteiger partial charge >= 0.3 is 5.97 Å². The van der Waals surface area contributed by atoms with E-state index in [1.165, 1.54) is 7.11 Å². The maximum absolute atomic E-state index is 11.0. The lowest BCUT2D eigenvalue weighted by molar-refractivity contribution is -0.205. The summed E-state index contributed by atoms with van der Waals surface area (Å²) < 4.78 is 14.9. The lowest BCUT2D eigenvalue weighted by atomic mass is 10.2. The summed E-state index contributed by atoms with van der Waals surface area (Å²) in [4.78, 5) is 11.0. The number of methoxy groups -OCH3 is 2. The van der Waals surface area contributed by atoms with Crippen LogP contribution < -0.4 is 0 Å². The first-order chi connectivity index (χ1) is 5.93. The number of hydrogen-bond donors (Lipinski definition) is 0. The predicted molar refractivity (Wildman–Crippen MR) is 48.2 cm³/mol. The quantitative estimate of drug-likeness (QED) is 0.482. The zero-order valence-electron chi connectivity index (χ0n) is 8.92. The van der Waals surface area contributed by atoms with Crippen LogP contribution in [0.1, 0.15) is 20.8 Å². The Labute approximate surface area is 79.2 Å². The molecule has 4 nitrogen and oxygen atoms in total. The normalized spacial score (nSPS) is 13.9. The molecule has 0 saturated heterocycles. The maximum atomic E-state index is 11.0.